The number of amides is 1. The zero-order chi connectivity index (χ0) is 15.5. The molecule has 2 rings (SSSR count). The number of aliphatic carboxylic acids is 1. The van der Waals surface area contributed by atoms with Gasteiger partial charge in [0.2, 0.25) is 5.82 Å². The first-order chi connectivity index (χ1) is 9.90. The number of carbonyl (C=O) groups excluding carboxylic acids is 1. The lowest BCUT2D eigenvalue weighted by atomic mass is 9.94. The Hall–Kier alpha value is -2.70. The molecule has 0 spiro atoms. The van der Waals surface area contributed by atoms with Gasteiger partial charge in [-0.25, -0.2) is 9.67 Å². The summed E-state index contributed by atoms with van der Waals surface area (Å²) in [6.07, 6.45) is 1.44. The number of hydrogen-bond acceptors (Lipinski definition) is 4. The van der Waals surface area contributed by atoms with Crippen LogP contribution in [0, 0.1) is 5.41 Å². The van der Waals surface area contributed by atoms with Crippen molar-refractivity contribution in [3.8, 4) is 5.69 Å². The van der Waals surface area contributed by atoms with Gasteiger partial charge in [-0.1, -0.05) is 18.2 Å². The Morgan fingerprint density at radius 2 is 1.95 bits per heavy atom. The maximum absolute atomic E-state index is 11.9. The minimum absolute atomic E-state index is 0.0000387. The van der Waals surface area contributed by atoms with Gasteiger partial charge in [0, 0.05) is 6.54 Å². The summed E-state index contributed by atoms with van der Waals surface area (Å²) in [5.74, 6) is -1.48. The second-order valence-electron chi connectivity index (χ2n) is 5.22. The van der Waals surface area contributed by atoms with Crippen molar-refractivity contribution in [2.45, 2.75) is 13.8 Å². The van der Waals surface area contributed by atoms with Crippen molar-refractivity contribution in [2.75, 3.05) is 6.54 Å². The van der Waals surface area contributed by atoms with Crippen molar-refractivity contribution in [3.05, 3.63) is 42.5 Å². The summed E-state index contributed by atoms with van der Waals surface area (Å²) in [5, 5.41) is 15.6. The number of para-hydroxylation sites is 1. The Labute approximate surface area is 121 Å². The molecule has 0 fully saturated rings. The Morgan fingerprint density at radius 1 is 1.29 bits per heavy atom. The third-order valence-electron chi connectivity index (χ3n) is 2.99. The van der Waals surface area contributed by atoms with E-state index < -0.39 is 17.3 Å². The van der Waals surface area contributed by atoms with Gasteiger partial charge in [-0.05, 0) is 26.0 Å². The number of carboxylic acids is 1. The maximum atomic E-state index is 11.9. The highest BCUT2D eigenvalue weighted by molar-refractivity contribution is 5.90. The van der Waals surface area contributed by atoms with Gasteiger partial charge in [-0.15, -0.1) is 5.10 Å². The van der Waals surface area contributed by atoms with Crippen molar-refractivity contribution >= 4 is 11.9 Å². The average Bonchev–Trinajstić information content (AvgIpc) is 2.95. The van der Waals surface area contributed by atoms with Gasteiger partial charge >= 0.3 is 5.97 Å². The molecule has 1 aromatic heterocycles. The minimum atomic E-state index is -1.04. The van der Waals surface area contributed by atoms with Crippen LogP contribution in [-0.4, -0.2) is 38.3 Å². The minimum Gasteiger partial charge on any atom is -0.481 e. The number of rotatable bonds is 5. The van der Waals surface area contributed by atoms with Gasteiger partial charge in [-0.3, -0.25) is 9.59 Å². The van der Waals surface area contributed by atoms with Gasteiger partial charge in [0.25, 0.3) is 5.91 Å². The Morgan fingerprint density at radius 3 is 2.57 bits per heavy atom. The molecular formula is C14H16N4O3. The molecule has 1 aromatic carbocycles. The van der Waals surface area contributed by atoms with Crippen molar-refractivity contribution < 1.29 is 14.7 Å². The van der Waals surface area contributed by atoms with Crippen LogP contribution in [0.4, 0.5) is 0 Å². The van der Waals surface area contributed by atoms with E-state index in [9.17, 15) is 9.59 Å². The van der Waals surface area contributed by atoms with Crippen molar-refractivity contribution in [1.82, 2.24) is 20.1 Å². The third-order valence-corrected chi connectivity index (χ3v) is 2.99. The predicted molar refractivity (Wildman–Crippen MR) is 75.1 cm³/mol. The molecule has 7 nitrogen and oxygen atoms in total. The van der Waals surface area contributed by atoms with E-state index in [1.807, 2.05) is 30.3 Å². The van der Waals surface area contributed by atoms with Crippen LogP contribution in [0.1, 0.15) is 24.5 Å². The summed E-state index contributed by atoms with van der Waals surface area (Å²) >= 11 is 0. The van der Waals surface area contributed by atoms with Crippen LogP contribution in [0.25, 0.3) is 5.69 Å². The maximum Gasteiger partial charge on any atom is 0.310 e. The first-order valence-corrected chi connectivity index (χ1v) is 6.39. The summed E-state index contributed by atoms with van der Waals surface area (Å²) in [6, 6.07) is 9.26. The van der Waals surface area contributed by atoms with Gasteiger partial charge in [0.05, 0.1) is 11.1 Å². The van der Waals surface area contributed by atoms with E-state index in [0.29, 0.717) is 0 Å². The van der Waals surface area contributed by atoms with E-state index in [4.69, 9.17) is 5.11 Å². The van der Waals surface area contributed by atoms with Gasteiger partial charge in [-0.2, -0.15) is 0 Å². The fourth-order valence-electron chi connectivity index (χ4n) is 1.53. The van der Waals surface area contributed by atoms with Crippen LogP contribution in [0.2, 0.25) is 0 Å². The fraction of sp³-hybridized carbons (Fsp3) is 0.286. The molecular weight excluding hydrogens is 272 g/mol. The van der Waals surface area contributed by atoms with Crippen LogP contribution in [0.5, 0.6) is 0 Å². The molecule has 0 aliphatic carbocycles. The SMILES string of the molecule is CC(C)(CNC(=O)c1ncn(-c2ccccc2)n1)C(=O)O. The highest BCUT2D eigenvalue weighted by atomic mass is 16.4. The molecule has 1 amide bonds. The quantitative estimate of drug-likeness (QED) is 0.859. The monoisotopic (exact) mass is 288 g/mol. The van der Waals surface area contributed by atoms with E-state index in [2.05, 4.69) is 15.4 Å². The summed E-state index contributed by atoms with van der Waals surface area (Å²) in [5.41, 5.74) is -0.257. The number of carbonyl (C=O) groups is 2. The predicted octanol–water partition coefficient (Wildman–Crippen LogP) is 1.11. The largest absolute Gasteiger partial charge is 0.481 e. The van der Waals surface area contributed by atoms with Crippen LogP contribution in [0.3, 0.4) is 0 Å². The standard InChI is InChI=1S/C14H16N4O3/c1-14(2,13(20)21)8-15-12(19)11-16-9-18(17-11)10-6-4-3-5-7-10/h3-7,9H,8H2,1-2H3,(H,15,19)(H,20,21). The number of hydrogen-bond donors (Lipinski definition) is 2. The van der Waals surface area contributed by atoms with Crippen LogP contribution in [0.15, 0.2) is 36.7 Å². The normalized spacial score (nSPS) is 11.1. The van der Waals surface area contributed by atoms with Crippen LogP contribution < -0.4 is 5.32 Å². The summed E-state index contributed by atoms with van der Waals surface area (Å²) in [6.45, 7) is 3.07. The van der Waals surface area contributed by atoms with Crippen molar-refractivity contribution in [3.63, 3.8) is 0 Å². The topological polar surface area (TPSA) is 97.1 Å². The number of nitrogens with one attached hydrogen (secondary N) is 1. The molecule has 1 heterocycles. The molecule has 0 atom stereocenters. The molecule has 0 saturated heterocycles. The Balaban J connectivity index is 2.05. The van der Waals surface area contributed by atoms with Crippen molar-refractivity contribution in [1.29, 1.82) is 0 Å². The van der Waals surface area contributed by atoms with Crippen LogP contribution in [-0.2, 0) is 4.79 Å². The van der Waals surface area contributed by atoms with E-state index >= 15 is 0 Å². The molecule has 110 valence electrons. The molecule has 21 heavy (non-hydrogen) atoms. The van der Waals surface area contributed by atoms with E-state index in [0.717, 1.165) is 5.69 Å². The molecule has 2 aromatic rings. The van der Waals surface area contributed by atoms with Crippen LogP contribution >= 0.6 is 0 Å². The lowest BCUT2D eigenvalue weighted by Crippen LogP contribution is -2.39. The molecule has 0 saturated carbocycles. The second kappa shape index (κ2) is 5.74. The number of carboxylic acid groups (broad SMARTS) is 1. The molecule has 0 unspecified atom stereocenters. The molecule has 2 N–H and O–H groups in total. The molecule has 0 aliphatic heterocycles. The smallest absolute Gasteiger partial charge is 0.310 e. The second-order valence-corrected chi connectivity index (χ2v) is 5.22. The molecule has 0 aliphatic rings. The summed E-state index contributed by atoms with van der Waals surface area (Å²) in [7, 11) is 0. The highest BCUT2D eigenvalue weighted by Crippen LogP contribution is 2.13. The lowest BCUT2D eigenvalue weighted by molar-refractivity contribution is -0.146. The average molecular weight is 288 g/mol. The Bertz CT molecular complexity index is 649. The Kier molecular flexibility index (Phi) is 4.02. The first kappa shape index (κ1) is 14.7. The molecule has 7 heteroatoms. The zero-order valence-electron chi connectivity index (χ0n) is 11.8. The van der Waals surface area contributed by atoms with Gasteiger partial charge in [0.1, 0.15) is 6.33 Å². The van der Waals surface area contributed by atoms with Gasteiger partial charge < -0.3 is 10.4 Å². The zero-order valence-corrected chi connectivity index (χ0v) is 11.8. The molecule has 0 bridgehead atoms. The van der Waals surface area contributed by atoms with E-state index in [1.165, 1.54) is 24.9 Å². The fourth-order valence-corrected chi connectivity index (χ4v) is 1.53. The van der Waals surface area contributed by atoms with E-state index in [1.54, 1.807) is 0 Å². The lowest BCUT2D eigenvalue weighted by Gasteiger charge is -2.18. The number of benzene rings is 1. The van der Waals surface area contributed by atoms with Crippen molar-refractivity contribution in [2.24, 2.45) is 5.41 Å². The van der Waals surface area contributed by atoms with E-state index in [-0.39, 0.29) is 12.4 Å². The number of nitrogens with zero attached hydrogens (tertiary/aromatic N) is 3. The number of aromatic nitrogens is 3. The first-order valence-electron chi connectivity index (χ1n) is 6.39. The van der Waals surface area contributed by atoms with Gasteiger partial charge in [0.15, 0.2) is 0 Å². The highest BCUT2D eigenvalue weighted by Gasteiger charge is 2.28. The third kappa shape index (κ3) is 3.44. The molecule has 0 radical (unpaired) electrons. The summed E-state index contributed by atoms with van der Waals surface area (Å²) < 4.78 is 1.48. The summed E-state index contributed by atoms with van der Waals surface area (Å²) in [4.78, 5) is 26.8.